The molecular weight excluding hydrogens is 298 g/mol. The van der Waals surface area contributed by atoms with Gasteiger partial charge in [-0.3, -0.25) is 19.5 Å². The second-order valence-corrected chi connectivity index (χ2v) is 7.66. The predicted octanol–water partition coefficient (Wildman–Crippen LogP) is 2.30. The second-order valence-electron chi connectivity index (χ2n) is 7.66. The van der Waals surface area contributed by atoms with Crippen molar-refractivity contribution in [3.8, 4) is 0 Å². The van der Waals surface area contributed by atoms with E-state index >= 15 is 0 Å². The molecule has 128 valence electrons. The molecule has 0 bridgehead atoms. The molecule has 4 heterocycles. The number of likely N-dealkylation sites (tertiary alicyclic amines) is 2. The van der Waals surface area contributed by atoms with Crippen LogP contribution in [0.2, 0.25) is 0 Å². The fourth-order valence-corrected chi connectivity index (χ4v) is 4.50. The van der Waals surface area contributed by atoms with Crippen LogP contribution in [-0.4, -0.2) is 50.7 Å². The van der Waals surface area contributed by atoms with Gasteiger partial charge >= 0.3 is 0 Å². The van der Waals surface area contributed by atoms with Gasteiger partial charge in [0.1, 0.15) is 0 Å². The first-order valence-electron chi connectivity index (χ1n) is 9.02. The predicted molar refractivity (Wildman–Crippen MR) is 94.3 cm³/mol. The Morgan fingerprint density at radius 1 is 1.04 bits per heavy atom. The van der Waals surface area contributed by atoms with Gasteiger partial charge in [-0.1, -0.05) is 6.07 Å². The number of hydrogen-bond acceptors (Lipinski definition) is 4. The first-order chi connectivity index (χ1) is 11.7. The summed E-state index contributed by atoms with van der Waals surface area (Å²) in [6.07, 6.45) is 12.0. The topological polar surface area (TPSA) is 37.2 Å². The lowest BCUT2D eigenvalue weighted by atomic mass is 9.79. The summed E-state index contributed by atoms with van der Waals surface area (Å²) >= 11 is 0. The lowest BCUT2D eigenvalue weighted by molar-refractivity contribution is 0.0866. The summed E-state index contributed by atoms with van der Waals surface area (Å²) in [7, 11) is 1.99. The average molecular weight is 325 g/mol. The molecule has 0 saturated carbocycles. The van der Waals surface area contributed by atoms with Crippen LogP contribution < -0.4 is 0 Å². The maximum Gasteiger partial charge on any atom is 0.0534 e. The highest BCUT2D eigenvalue weighted by Gasteiger charge is 2.41. The van der Waals surface area contributed by atoms with Crippen LogP contribution in [0.5, 0.6) is 0 Å². The summed E-state index contributed by atoms with van der Waals surface area (Å²) in [5.41, 5.74) is 3.15. The van der Waals surface area contributed by atoms with Crippen molar-refractivity contribution in [1.82, 2.24) is 24.6 Å². The van der Waals surface area contributed by atoms with Gasteiger partial charge in [0, 0.05) is 57.4 Å². The Morgan fingerprint density at radius 2 is 1.88 bits per heavy atom. The van der Waals surface area contributed by atoms with Gasteiger partial charge in [-0.15, -0.1) is 0 Å². The number of aromatic nitrogens is 3. The second kappa shape index (κ2) is 6.65. The molecule has 4 rings (SSSR count). The van der Waals surface area contributed by atoms with Crippen LogP contribution in [-0.2, 0) is 20.1 Å². The van der Waals surface area contributed by atoms with E-state index in [0.717, 1.165) is 13.1 Å². The lowest BCUT2D eigenvalue weighted by Gasteiger charge is -2.40. The molecule has 0 amide bonds. The van der Waals surface area contributed by atoms with Gasteiger partial charge in [-0.05, 0) is 49.4 Å². The highest BCUT2D eigenvalue weighted by molar-refractivity contribution is 5.09. The van der Waals surface area contributed by atoms with Gasteiger partial charge in [0.15, 0.2) is 0 Å². The molecule has 2 aromatic heterocycles. The molecule has 0 radical (unpaired) electrons. The monoisotopic (exact) mass is 325 g/mol. The molecule has 1 atom stereocenters. The number of pyridine rings is 1. The van der Waals surface area contributed by atoms with Gasteiger partial charge < -0.3 is 0 Å². The summed E-state index contributed by atoms with van der Waals surface area (Å²) in [6.45, 7) is 6.97. The van der Waals surface area contributed by atoms with E-state index in [4.69, 9.17) is 0 Å². The summed E-state index contributed by atoms with van der Waals surface area (Å²) < 4.78 is 1.90. The molecule has 5 nitrogen and oxygen atoms in total. The molecule has 0 aliphatic carbocycles. The quantitative estimate of drug-likeness (QED) is 0.864. The number of hydrogen-bond donors (Lipinski definition) is 0. The molecule has 2 saturated heterocycles. The smallest absolute Gasteiger partial charge is 0.0534 e. The Balaban J connectivity index is 1.36. The van der Waals surface area contributed by atoms with Crippen molar-refractivity contribution < 1.29 is 0 Å². The Bertz CT molecular complexity index is 667. The van der Waals surface area contributed by atoms with Gasteiger partial charge in [-0.2, -0.15) is 5.10 Å². The van der Waals surface area contributed by atoms with Gasteiger partial charge in [0.2, 0.25) is 0 Å². The van der Waals surface area contributed by atoms with E-state index in [1.54, 1.807) is 0 Å². The van der Waals surface area contributed by atoms with Crippen LogP contribution in [0.4, 0.5) is 0 Å². The molecule has 0 N–H and O–H groups in total. The highest BCUT2D eigenvalue weighted by Crippen LogP contribution is 2.39. The third-order valence-electron chi connectivity index (χ3n) is 5.55. The minimum absolute atomic E-state index is 0.489. The minimum atomic E-state index is 0.489. The van der Waals surface area contributed by atoms with Crippen LogP contribution in [0.25, 0.3) is 0 Å². The van der Waals surface area contributed by atoms with Crippen molar-refractivity contribution >= 4 is 0 Å². The lowest BCUT2D eigenvalue weighted by Crippen LogP contribution is -2.44. The van der Waals surface area contributed by atoms with E-state index in [1.165, 1.54) is 56.6 Å². The fraction of sp³-hybridized carbons (Fsp3) is 0.579. The molecule has 2 aliphatic heterocycles. The van der Waals surface area contributed by atoms with Crippen molar-refractivity contribution in [2.75, 3.05) is 26.2 Å². The summed E-state index contributed by atoms with van der Waals surface area (Å²) in [5.74, 6) is 0. The van der Waals surface area contributed by atoms with Crippen molar-refractivity contribution in [3.05, 3.63) is 48.0 Å². The molecule has 0 aromatic carbocycles. The van der Waals surface area contributed by atoms with Crippen molar-refractivity contribution in [1.29, 1.82) is 0 Å². The zero-order valence-electron chi connectivity index (χ0n) is 14.6. The normalized spacial score (nSPS) is 25.5. The SMILES string of the molecule is Cn1cc(CN2CCC[C@]3(CCN(Cc4cccnc4)C3)C2)cn1. The van der Waals surface area contributed by atoms with E-state index in [-0.39, 0.29) is 0 Å². The van der Waals surface area contributed by atoms with Crippen LogP contribution in [0, 0.1) is 5.41 Å². The first-order valence-corrected chi connectivity index (χ1v) is 9.02. The van der Waals surface area contributed by atoms with Crippen LogP contribution in [0.1, 0.15) is 30.4 Å². The Labute approximate surface area is 144 Å². The van der Waals surface area contributed by atoms with Crippen molar-refractivity contribution in [3.63, 3.8) is 0 Å². The average Bonchev–Trinajstić information content (AvgIpc) is 3.15. The van der Waals surface area contributed by atoms with E-state index in [9.17, 15) is 0 Å². The summed E-state index contributed by atoms with van der Waals surface area (Å²) in [5, 5.41) is 4.31. The molecule has 5 heteroatoms. The standard InChI is InChI=1S/C19H27N5/c1-22-12-18(11-21-22)14-23-8-3-5-19(15-23)6-9-24(16-19)13-17-4-2-7-20-10-17/h2,4,7,10-12H,3,5-6,8-9,13-16H2,1H3/t19-/m0/s1. The number of piperidine rings is 1. The fourth-order valence-electron chi connectivity index (χ4n) is 4.50. The molecular formula is C19H27N5. The van der Waals surface area contributed by atoms with E-state index < -0.39 is 0 Å². The summed E-state index contributed by atoms with van der Waals surface area (Å²) in [4.78, 5) is 9.50. The van der Waals surface area contributed by atoms with Crippen LogP contribution in [0.3, 0.4) is 0 Å². The molecule has 24 heavy (non-hydrogen) atoms. The molecule has 1 spiro atoms. The van der Waals surface area contributed by atoms with Crippen molar-refractivity contribution in [2.24, 2.45) is 12.5 Å². The van der Waals surface area contributed by atoms with Crippen molar-refractivity contribution in [2.45, 2.75) is 32.4 Å². The van der Waals surface area contributed by atoms with E-state index in [2.05, 4.69) is 32.1 Å². The largest absolute Gasteiger partial charge is 0.298 e. The maximum atomic E-state index is 4.31. The summed E-state index contributed by atoms with van der Waals surface area (Å²) in [6, 6.07) is 4.23. The zero-order chi connectivity index (χ0) is 16.4. The molecule has 0 unspecified atom stereocenters. The van der Waals surface area contributed by atoms with Gasteiger partial charge in [-0.25, -0.2) is 0 Å². The Morgan fingerprint density at radius 3 is 2.62 bits per heavy atom. The maximum absolute atomic E-state index is 4.31. The third kappa shape index (κ3) is 3.52. The number of rotatable bonds is 4. The van der Waals surface area contributed by atoms with Crippen LogP contribution >= 0.6 is 0 Å². The van der Waals surface area contributed by atoms with Crippen LogP contribution in [0.15, 0.2) is 36.9 Å². The Kier molecular flexibility index (Phi) is 4.37. The molecule has 2 aliphatic rings. The molecule has 2 fully saturated rings. The minimum Gasteiger partial charge on any atom is -0.298 e. The van der Waals surface area contributed by atoms with E-state index in [0.29, 0.717) is 5.41 Å². The van der Waals surface area contributed by atoms with Gasteiger partial charge in [0.25, 0.3) is 0 Å². The molecule has 2 aromatic rings. The number of nitrogens with zero attached hydrogens (tertiary/aromatic N) is 5. The number of aryl methyl sites for hydroxylation is 1. The Hall–Kier alpha value is -1.72. The first kappa shape index (κ1) is 15.8. The highest BCUT2D eigenvalue weighted by atomic mass is 15.2. The zero-order valence-corrected chi connectivity index (χ0v) is 14.6. The third-order valence-corrected chi connectivity index (χ3v) is 5.55. The van der Waals surface area contributed by atoms with Gasteiger partial charge in [0.05, 0.1) is 6.20 Å². The van der Waals surface area contributed by atoms with E-state index in [1.807, 2.05) is 36.4 Å².